The van der Waals surface area contributed by atoms with Crippen LogP contribution in [-0.2, 0) is 24.3 Å². The van der Waals surface area contributed by atoms with Crippen molar-refractivity contribution in [2.45, 2.75) is 33.4 Å². The third-order valence-corrected chi connectivity index (χ3v) is 4.81. The van der Waals surface area contributed by atoms with Gasteiger partial charge in [-0.15, -0.1) is 0 Å². The van der Waals surface area contributed by atoms with Crippen molar-refractivity contribution in [2.24, 2.45) is 0 Å². The van der Waals surface area contributed by atoms with Gasteiger partial charge in [0, 0.05) is 36.4 Å². The molecule has 0 atom stereocenters. The van der Waals surface area contributed by atoms with Crippen LogP contribution in [0.5, 0.6) is 0 Å². The summed E-state index contributed by atoms with van der Waals surface area (Å²) in [5, 5.41) is 12.1. The summed E-state index contributed by atoms with van der Waals surface area (Å²) in [7, 11) is 0. The van der Waals surface area contributed by atoms with Crippen molar-refractivity contribution in [3.8, 4) is 11.4 Å². The van der Waals surface area contributed by atoms with Crippen molar-refractivity contribution in [3.05, 3.63) is 87.1 Å². The molecule has 2 aromatic carbocycles. The van der Waals surface area contributed by atoms with Gasteiger partial charge in [0.1, 0.15) is 18.2 Å². The minimum Gasteiger partial charge on any atom is -0.396 e. The van der Waals surface area contributed by atoms with E-state index in [1.165, 1.54) is 28.8 Å². The van der Waals surface area contributed by atoms with Gasteiger partial charge in [0.25, 0.3) is 5.56 Å². The number of hydrogen-bond donors (Lipinski definition) is 2. The summed E-state index contributed by atoms with van der Waals surface area (Å²) in [6.45, 7) is 3.56. The first kappa shape index (κ1) is 21.4. The number of amides is 1. The number of aliphatic hydroxyl groups is 1. The molecule has 0 aliphatic heterocycles. The Balaban J connectivity index is 1.92. The maximum Gasteiger partial charge on any atom is 0.257 e. The molecule has 156 valence electrons. The topological polar surface area (TPSA) is 84.2 Å². The summed E-state index contributed by atoms with van der Waals surface area (Å²) in [4.78, 5) is 30.1. The lowest BCUT2D eigenvalue weighted by Gasteiger charge is -2.16. The predicted octanol–water partition coefficient (Wildman–Crippen LogP) is 2.52. The number of rotatable bonds is 7. The molecule has 1 amide bonds. The summed E-state index contributed by atoms with van der Waals surface area (Å²) in [5.41, 5.74) is 3.02. The van der Waals surface area contributed by atoms with Crippen LogP contribution in [0, 0.1) is 19.7 Å². The highest BCUT2D eigenvalue weighted by molar-refractivity contribution is 5.76. The van der Waals surface area contributed by atoms with Gasteiger partial charge in [0.15, 0.2) is 0 Å². The van der Waals surface area contributed by atoms with Crippen LogP contribution in [0.4, 0.5) is 4.39 Å². The van der Waals surface area contributed by atoms with Crippen LogP contribution in [0.15, 0.2) is 53.3 Å². The average Bonchev–Trinajstić information content (AvgIpc) is 2.72. The summed E-state index contributed by atoms with van der Waals surface area (Å²) in [6, 6.07) is 13.4. The van der Waals surface area contributed by atoms with Gasteiger partial charge < -0.3 is 10.4 Å². The zero-order valence-electron chi connectivity index (χ0n) is 17.0. The second-order valence-corrected chi connectivity index (χ2v) is 7.14. The smallest absolute Gasteiger partial charge is 0.257 e. The molecule has 0 fully saturated rings. The van der Waals surface area contributed by atoms with Crippen molar-refractivity contribution in [3.63, 3.8) is 0 Å². The van der Waals surface area contributed by atoms with Crippen LogP contribution in [-0.4, -0.2) is 27.2 Å². The van der Waals surface area contributed by atoms with Crippen LogP contribution >= 0.6 is 0 Å². The van der Waals surface area contributed by atoms with Crippen molar-refractivity contribution < 1.29 is 14.3 Å². The summed E-state index contributed by atoms with van der Waals surface area (Å²) < 4.78 is 14.6. The van der Waals surface area contributed by atoms with E-state index in [4.69, 9.17) is 0 Å². The van der Waals surface area contributed by atoms with Crippen LogP contribution in [0.3, 0.4) is 0 Å². The monoisotopic (exact) mass is 409 g/mol. The number of nitrogens with zero attached hydrogens (tertiary/aromatic N) is 2. The number of nitrogens with one attached hydrogen (secondary N) is 1. The Hall–Kier alpha value is -3.32. The van der Waals surface area contributed by atoms with E-state index in [-0.39, 0.29) is 36.9 Å². The lowest BCUT2D eigenvalue weighted by atomic mass is 10.1. The molecule has 0 aliphatic carbocycles. The Bertz CT molecular complexity index is 1110. The number of carbonyl (C=O) groups excluding carboxylic acids is 1. The molecule has 0 radical (unpaired) electrons. The number of aromatic nitrogens is 2. The van der Waals surface area contributed by atoms with Gasteiger partial charge >= 0.3 is 0 Å². The van der Waals surface area contributed by atoms with Gasteiger partial charge in [-0.1, -0.05) is 29.8 Å². The number of hydrogen-bond acceptors (Lipinski definition) is 4. The molecule has 30 heavy (non-hydrogen) atoms. The van der Waals surface area contributed by atoms with Gasteiger partial charge in [-0.2, -0.15) is 0 Å². The minimum atomic E-state index is -0.405. The molecule has 1 heterocycles. The lowest BCUT2D eigenvalue weighted by molar-refractivity contribution is -0.121. The molecule has 3 aromatic rings. The zero-order valence-corrected chi connectivity index (χ0v) is 17.0. The Morgan fingerprint density at radius 3 is 2.57 bits per heavy atom. The fraction of sp³-hybridized carbons (Fsp3) is 0.261. The third-order valence-electron chi connectivity index (χ3n) is 4.81. The Labute approximate surface area is 174 Å². The summed E-state index contributed by atoms with van der Waals surface area (Å²) in [6.07, 6.45) is 0.145. The Morgan fingerprint density at radius 1 is 1.17 bits per heavy atom. The Kier molecular flexibility index (Phi) is 6.74. The molecule has 7 heteroatoms. The van der Waals surface area contributed by atoms with Crippen LogP contribution in [0.2, 0.25) is 0 Å². The second kappa shape index (κ2) is 9.45. The van der Waals surface area contributed by atoms with E-state index in [0.29, 0.717) is 23.4 Å². The van der Waals surface area contributed by atoms with E-state index in [2.05, 4.69) is 10.3 Å². The highest BCUT2D eigenvalue weighted by atomic mass is 19.1. The van der Waals surface area contributed by atoms with E-state index in [1.807, 2.05) is 31.2 Å². The molecule has 3 rings (SSSR count). The van der Waals surface area contributed by atoms with E-state index in [9.17, 15) is 19.1 Å². The normalized spacial score (nSPS) is 10.8. The molecular weight excluding hydrogens is 385 g/mol. The van der Waals surface area contributed by atoms with Crippen LogP contribution < -0.4 is 10.9 Å². The van der Waals surface area contributed by atoms with E-state index < -0.39 is 5.82 Å². The first-order valence-corrected chi connectivity index (χ1v) is 9.68. The average molecular weight is 409 g/mol. The van der Waals surface area contributed by atoms with Crippen molar-refractivity contribution in [2.75, 3.05) is 6.61 Å². The first-order chi connectivity index (χ1) is 14.4. The SMILES string of the molecule is Cc1cccc(CNC(=O)Cn2c(-c3ccc(F)cc3)nc(C)c(CCO)c2=O)c1. The number of aryl methyl sites for hydroxylation is 2. The molecule has 0 bridgehead atoms. The summed E-state index contributed by atoms with van der Waals surface area (Å²) in [5.74, 6) is -0.468. The lowest BCUT2D eigenvalue weighted by Crippen LogP contribution is -2.35. The molecule has 6 nitrogen and oxygen atoms in total. The first-order valence-electron chi connectivity index (χ1n) is 9.68. The maximum absolute atomic E-state index is 13.3. The van der Waals surface area contributed by atoms with E-state index >= 15 is 0 Å². The van der Waals surface area contributed by atoms with Crippen molar-refractivity contribution >= 4 is 5.91 Å². The van der Waals surface area contributed by atoms with Gasteiger partial charge in [-0.25, -0.2) is 9.37 Å². The number of aliphatic hydroxyl groups excluding tert-OH is 1. The molecule has 0 spiro atoms. The molecule has 0 unspecified atom stereocenters. The molecule has 1 aromatic heterocycles. The second-order valence-electron chi connectivity index (χ2n) is 7.14. The van der Waals surface area contributed by atoms with Crippen molar-refractivity contribution in [1.29, 1.82) is 0 Å². The largest absolute Gasteiger partial charge is 0.396 e. The highest BCUT2D eigenvalue weighted by Gasteiger charge is 2.17. The van der Waals surface area contributed by atoms with Crippen LogP contribution in [0.1, 0.15) is 22.4 Å². The minimum absolute atomic E-state index is 0.145. The fourth-order valence-electron chi connectivity index (χ4n) is 3.29. The quantitative estimate of drug-likeness (QED) is 0.628. The van der Waals surface area contributed by atoms with Crippen LogP contribution in [0.25, 0.3) is 11.4 Å². The van der Waals surface area contributed by atoms with Crippen molar-refractivity contribution in [1.82, 2.24) is 14.9 Å². The molecule has 0 saturated heterocycles. The standard InChI is InChI=1S/C23H24FN3O3/c1-15-4-3-5-17(12-15)13-25-21(29)14-27-22(18-6-8-19(24)9-7-18)26-16(2)20(10-11-28)23(27)30/h3-9,12,28H,10-11,13-14H2,1-2H3,(H,25,29). The number of carbonyl (C=O) groups is 1. The molecule has 0 aliphatic rings. The summed E-state index contributed by atoms with van der Waals surface area (Å²) >= 11 is 0. The zero-order chi connectivity index (χ0) is 21.7. The van der Waals surface area contributed by atoms with E-state index in [1.54, 1.807) is 6.92 Å². The van der Waals surface area contributed by atoms with Gasteiger partial charge in [-0.05, 0) is 43.7 Å². The van der Waals surface area contributed by atoms with Gasteiger partial charge in [0.2, 0.25) is 5.91 Å². The predicted molar refractivity (Wildman–Crippen MR) is 112 cm³/mol. The van der Waals surface area contributed by atoms with Gasteiger partial charge in [-0.3, -0.25) is 14.2 Å². The maximum atomic E-state index is 13.3. The number of halogens is 1. The highest BCUT2D eigenvalue weighted by Crippen LogP contribution is 2.18. The number of benzene rings is 2. The van der Waals surface area contributed by atoms with Gasteiger partial charge in [0.05, 0.1) is 0 Å². The third kappa shape index (κ3) is 4.99. The molecular formula is C23H24FN3O3. The fourth-order valence-corrected chi connectivity index (χ4v) is 3.29. The molecule has 0 saturated carbocycles. The molecule has 2 N–H and O–H groups in total. The Morgan fingerprint density at radius 2 is 1.90 bits per heavy atom. The van der Waals surface area contributed by atoms with E-state index in [0.717, 1.165) is 11.1 Å².